The molecular weight excluding hydrogens is 198 g/mol. The predicted molar refractivity (Wildman–Crippen MR) is 7.33 cm³/mol. The Morgan fingerprint density at radius 3 is 1.29 bits per heavy atom. The smallest absolute Gasteiger partial charge is 0.870 e. The van der Waals surface area contributed by atoms with Gasteiger partial charge in [-0.05, 0) is 6.16 Å². The van der Waals surface area contributed by atoms with Crippen LogP contribution in [-0.4, -0.2) is 11.6 Å². The first kappa shape index (κ1) is 26.8. The van der Waals surface area contributed by atoms with E-state index < -0.39 is 6.16 Å². The molecule has 0 amide bonds. The van der Waals surface area contributed by atoms with Crippen LogP contribution in [0.1, 0.15) is 0 Å². The van der Waals surface area contributed by atoms with Crippen LogP contribution < -0.4 is 10.2 Å². The van der Waals surface area contributed by atoms with Gasteiger partial charge in [-0.25, -0.2) is 0 Å². The zero-order valence-corrected chi connectivity index (χ0v) is 4.79. The van der Waals surface area contributed by atoms with Crippen LogP contribution >= 0.6 is 0 Å². The fourth-order valence-corrected chi connectivity index (χ4v) is 0. The van der Waals surface area contributed by atoms with Crippen LogP contribution in [0.25, 0.3) is 0 Å². The third-order valence-electron chi connectivity index (χ3n) is 0. The van der Waals surface area contributed by atoms with Gasteiger partial charge >= 0.3 is 33.8 Å². The Kier molecular flexibility index (Phi) is 62.4. The molecule has 7 heavy (non-hydrogen) atoms. The summed E-state index contributed by atoms with van der Waals surface area (Å²) >= 11 is 0. The van der Waals surface area contributed by atoms with Crippen molar-refractivity contribution < 1.29 is 54.3 Å². The van der Waals surface area contributed by atoms with Crippen molar-refractivity contribution in [2.24, 2.45) is 0 Å². The van der Waals surface area contributed by atoms with Gasteiger partial charge in [0.15, 0.2) is 0 Å². The van der Waals surface area contributed by atoms with Crippen LogP contribution in [0, 0.1) is 0 Å². The van der Waals surface area contributed by atoms with Gasteiger partial charge in [0.25, 0.3) is 0 Å². The maximum Gasteiger partial charge on any atom is 2.00 e. The SMILES string of the molecule is O=C([O-])[O-].[Co+2].[Cu+2].[OH-]. The van der Waals surface area contributed by atoms with Crippen molar-refractivity contribution in [3.05, 3.63) is 0 Å². The first-order chi connectivity index (χ1) is 1.73. The van der Waals surface area contributed by atoms with E-state index in [4.69, 9.17) is 15.0 Å². The summed E-state index contributed by atoms with van der Waals surface area (Å²) in [5.41, 5.74) is 0. The minimum absolute atomic E-state index is 0. The van der Waals surface area contributed by atoms with Crippen molar-refractivity contribution in [3.63, 3.8) is 0 Å². The summed E-state index contributed by atoms with van der Waals surface area (Å²) in [5, 5.41) is 16.7. The van der Waals surface area contributed by atoms with E-state index in [1.807, 2.05) is 0 Å². The van der Waals surface area contributed by atoms with E-state index in [1.165, 1.54) is 0 Å². The first-order valence-corrected chi connectivity index (χ1v) is 0.612. The molecule has 0 aliphatic heterocycles. The molecule has 4 nitrogen and oxygen atoms in total. The summed E-state index contributed by atoms with van der Waals surface area (Å²) in [5.74, 6) is 0. The fourth-order valence-electron chi connectivity index (χ4n) is 0. The maximum absolute atomic E-state index is 8.33. The van der Waals surface area contributed by atoms with Crippen molar-refractivity contribution in [2.75, 3.05) is 0 Å². The minimum atomic E-state index is -2.33. The average molecular weight is 199 g/mol. The second-order valence-electron chi connectivity index (χ2n) is 0.250. The quantitative estimate of drug-likeness (QED) is 0.399. The van der Waals surface area contributed by atoms with Crippen LogP contribution in [0.2, 0.25) is 0 Å². The predicted octanol–water partition coefficient (Wildman–Crippen LogP) is -2.63. The van der Waals surface area contributed by atoms with E-state index in [9.17, 15) is 0 Å². The number of carbonyl (C=O) groups excluding carboxylic acids is 1. The third-order valence-corrected chi connectivity index (χ3v) is 0. The topological polar surface area (TPSA) is 93.2 Å². The van der Waals surface area contributed by atoms with Crippen LogP contribution in [0.5, 0.6) is 0 Å². The molecule has 0 heterocycles. The van der Waals surface area contributed by atoms with Crippen molar-refractivity contribution >= 4 is 6.16 Å². The second-order valence-corrected chi connectivity index (χ2v) is 0.250. The Hall–Kier alpha value is 0.256. The number of carbonyl (C=O) groups is 1. The summed E-state index contributed by atoms with van der Waals surface area (Å²) in [7, 11) is 0. The minimum Gasteiger partial charge on any atom is -0.870 e. The second kappa shape index (κ2) is 16.3. The largest absolute Gasteiger partial charge is 2.00 e. The van der Waals surface area contributed by atoms with Crippen LogP contribution in [-0.2, 0) is 33.8 Å². The Morgan fingerprint density at radius 1 is 1.29 bits per heavy atom. The van der Waals surface area contributed by atoms with Crippen LogP contribution in [0.15, 0.2) is 0 Å². The van der Waals surface area contributed by atoms with Gasteiger partial charge in [-0.15, -0.1) is 0 Å². The molecule has 0 saturated carbocycles. The van der Waals surface area contributed by atoms with Gasteiger partial charge in [0.05, 0.1) is 0 Å². The molecule has 0 spiro atoms. The summed E-state index contributed by atoms with van der Waals surface area (Å²) < 4.78 is 0. The van der Waals surface area contributed by atoms with E-state index in [-0.39, 0.29) is 39.3 Å². The maximum atomic E-state index is 8.33. The summed E-state index contributed by atoms with van der Waals surface area (Å²) in [6, 6.07) is 0. The fraction of sp³-hybridized carbons (Fsp3) is 0. The van der Waals surface area contributed by atoms with Gasteiger partial charge in [-0.3, -0.25) is 0 Å². The van der Waals surface area contributed by atoms with Gasteiger partial charge in [-0.1, -0.05) is 0 Å². The molecule has 0 fully saturated rings. The summed E-state index contributed by atoms with van der Waals surface area (Å²) in [4.78, 5) is 8.33. The Labute approximate surface area is 60.9 Å². The van der Waals surface area contributed by atoms with E-state index in [1.54, 1.807) is 0 Å². The van der Waals surface area contributed by atoms with E-state index in [2.05, 4.69) is 0 Å². The Morgan fingerprint density at radius 2 is 1.29 bits per heavy atom. The number of hydrogen-bond donors (Lipinski definition) is 0. The molecule has 0 atom stereocenters. The Balaban J connectivity index is -0.0000000150. The normalized spacial score (nSPS) is 3.43. The van der Waals surface area contributed by atoms with Gasteiger partial charge in [0.2, 0.25) is 0 Å². The Bertz CT molecular complexity index is 34.7. The molecule has 0 aromatic rings. The molecular formula is CHCoCuO4+. The third kappa shape index (κ3) is 1730. The van der Waals surface area contributed by atoms with Crippen molar-refractivity contribution in [1.82, 2.24) is 0 Å². The van der Waals surface area contributed by atoms with Crippen LogP contribution in [0.4, 0.5) is 4.79 Å². The molecule has 2 radical (unpaired) electrons. The molecule has 0 saturated heterocycles. The molecule has 0 aromatic heterocycles. The van der Waals surface area contributed by atoms with Gasteiger partial charge in [-0.2, -0.15) is 0 Å². The van der Waals surface area contributed by atoms with Crippen LogP contribution in [0.3, 0.4) is 0 Å². The van der Waals surface area contributed by atoms with E-state index in [0.29, 0.717) is 0 Å². The number of hydrogen-bond acceptors (Lipinski definition) is 4. The summed E-state index contributed by atoms with van der Waals surface area (Å²) in [6.07, 6.45) is -2.33. The molecule has 0 rings (SSSR count). The molecule has 0 aliphatic rings. The first-order valence-electron chi connectivity index (χ1n) is 0.612. The molecule has 6 heteroatoms. The molecule has 0 bridgehead atoms. The molecule has 48 valence electrons. The number of carboxylic acid groups (broad SMARTS) is 2. The van der Waals surface area contributed by atoms with Gasteiger partial charge in [0, 0.05) is 0 Å². The van der Waals surface area contributed by atoms with E-state index >= 15 is 0 Å². The number of rotatable bonds is 0. The van der Waals surface area contributed by atoms with Crippen molar-refractivity contribution in [3.8, 4) is 0 Å². The van der Waals surface area contributed by atoms with Crippen molar-refractivity contribution in [1.29, 1.82) is 0 Å². The monoisotopic (exact) mass is 199 g/mol. The standard InChI is InChI=1S/CH2O3.Co.Cu.H2O/c2-1(3)4;;;/h(H2,2,3,4);;;1H2/q;2*+2;/p-3. The molecule has 1 N–H and O–H groups in total. The van der Waals surface area contributed by atoms with Gasteiger partial charge < -0.3 is 20.5 Å². The van der Waals surface area contributed by atoms with Crippen molar-refractivity contribution in [2.45, 2.75) is 0 Å². The average Bonchev–Trinajstić information content (AvgIpc) is 0.811. The summed E-state index contributed by atoms with van der Waals surface area (Å²) in [6.45, 7) is 0. The molecule has 0 aliphatic carbocycles. The zero-order valence-electron chi connectivity index (χ0n) is 2.81. The molecule has 0 aromatic carbocycles. The zero-order chi connectivity index (χ0) is 3.58. The van der Waals surface area contributed by atoms with Gasteiger partial charge in [0.1, 0.15) is 0 Å². The van der Waals surface area contributed by atoms with E-state index in [0.717, 1.165) is 0 Å². The molecule has 0 unspecified atom stereocenters.